The van der Waals surface area contributed by atoms with E-state index in [1.807, 2.05) is 17.9 Å². The molecule has 1 amide bonds. The van der Waals surface area contributed by atoms with E-state index in [9.17, 15) is 18.0 Å². The van der Waals surface area contributed by atoms with Crippen LogP contribution >= 0.6 is 11.3 Å². The molecule has 31 heavy (non-hydrogen) atoms. The average molecular weight is 459 g/mol. The van der Waals surface area contributed by atoms with Gasteiger partial charge in [-0.15, -0.1) is 11.3 Å². The topological polar surface area (TPSA) is 86.9 Å². The quantitative estimate of drug-likeness (QED) is 0.751. The highest BCUT2D eigenvalue weighted by Gasteiger charge is 2.48. The molecule has 2 fully saturated rings. The lowest BCUT2D eigenvalue weighted by Crippen LogP contribution is -2.47. The van der Waals surface area contributed by atoms with Crippen molar-refractivity contribution in [3.05, 3.63) is 40.2 Å². The molecule has 0 saturated carbocycles. The zero-order chi connectivity index (χ0) is 22.6. The molecule has 1 N–H and O–H groups in total. The number of likely N-dealkylation sites (tertiary alicyclic amines) is 2. The second-order valence-electron chi connectivity index (χ2n) is 7.86. The summed E-state index contributed by atoms with van der Waals surface area (Å²) in [7, 11) is 0. The molecule has 1 unspecified atom stereocenters. The van der Waals surface area contributed by atoms with Gasteiger partial charge in [0.1, 0.15) is 0 Å². The lowest BCUT2D eigenvalue weighted by molar-refractivity contribution is -0.192. The molecule has 1 spiro atoms. The molecule has 1 atom stereocenters. The fourth-order valence-corrected chi connectivity index (χ4v) is 4.71. The first kappa shape index (κ1) is 23.3. The molecule has 0 bridgehead atoms. The fourth-order valence-electron chi connectivity index (χ4n) is 4.10. The number of aryl methyl sites for hydroxylation is 1. The van der Waals surface area contributed by atoms with Crippen LogP contribution in [0, 0.1) is 12.3 Å². The normalized spacial score (nSPS) is 21.9. The van der Waals surface area contributed by atoms with Crippen molar-refractivity contribution in [3.63, 3.8) is 0 Å². The first-order chi connectivity index (χ1) is 14.6. The number of hydrogen-bond acceptors (Lipinski definition) is 6. The van der Waals surface area contributed by atoms with Gasteiger partial charge in [-0.3, -0.25) is 9.69 Å². The number of alkyl halides is 3. The summed E-state index contributed by atoms with van der Waals surface area (Å²) in [6, 6.07) is 2.01. The molecule has 2 aromatic heterocycles. The molecular weight excluding hydrogens is 435 g/mol. The highest BCUT2D eigenvalue weighted by atomic mass is 32.1. The van der Waals surface area contributed by atoms with Crippen molar-refractivity contribution in [2.24, 2.45) is 5.41 Å². The molecule has 2 aliphatic heterocycles. The minimum absolute atomic E-state index is 0.187. The highest BCUT2D eigenvalue weighted by molar-refractivity contribution is 7.09. The molecule has 170 valence electrons. The van der Waals surface area contributed by atoms with Crippen molar-refractivity contribution in [1.29, 1.82) is 0 Å². The molecule has 11 heteroatoms. The number of hydrogen-bond donors (Lipinski definition) is 1. The number of piperidine rings is 1. The van der Waals surface area contributed by atoms with Crippen molar-refractivity contribution >= 4 is 23.2 Å². The maximum absolute atomic E-state index is 13.1. The molecule has 4 heterocycles. The number of aliphatic carboxylic acids is 1. The number of carbonyl (C=O) groups is 2. The third kappa shape index (κ3) is 5.85. The summed E-state index contributed by atoms with van der Waals surface area (Å²) in [4.78, 5) is 30.9. The second kappa shape index (κ2) is 9.39. The highest BCUT2D eigenvalue weighted by Crippen LogP contribution is 2.41. The Bertz CT molecular complexity index is 900. The van der Waals surface area contributed by atoms with Crippen LogP contribution in [0.4, 0.5) is 13.2 Å². The lowest BCUT2D eigenvalue weighted by atomic mass is 9.78. The lowest BCUT2D eigenvalue weighted by Gasteiger charge is -2.38. The van der Waals surface area contributed by atoms with Gasteiger partial charge in [0.15, 0.2) is 0 Å². The molecule has 0 aliphatic carbocycles. The monoisotopic (exact) mass is 459 g/mol. The van der Waals surface area contributed by atoms with Crippen molar-refractivity contribution in [1.82, 2.24) is 14.8 Å². The van der Waals surface area contributed by atoms with Gasteiger partial charge >= 0.3 is 12.1 Å². The van der Waals surface area contributed by atoms with Crippen LogP contribution in [-0.4, -0.2) is 57.6 Å². The van der Waals surface area contributed by atoms with E-state index in [4.69, 9.17) is 14.3 Å². The number of thiazole rings is 1. The van der Waals surface area contributed by atoms with E-state index in [1.165, 1.54) is 5.56 Å². The van der Waals surface area contributed by atoms with E-state index < -0.39 is 12.1 Å². The van der Waals surface area contributed by atoms with E-state index in [2.05, 4.69) is 15.3 Å². The Balaban J connectivity index is 0.000000339. The number of carbonyl (C=O) groups excluding carboxylic acids is 1. The number of aromatic nitrogens is 1. The van der Waals surface area contributed by atoms with Gasteiger partial charge in [-0.1, -0.05) is 0 Å². The SMILES string of the molecule is Cc1nc(CN2CCC3(CCCN(Cc4ccoc4)C3)C2=O)cs1.O=C(O)C(F)(F)F. The van der Waals surface area contributed by atoms with E-state index in [0.29, 0.717) is 12.5 Å². The van der Waals surface area contributed by atoms with Gasteiger partial charge in [-0.2, -0.15) is 13.2 Å². The van der Waals surface area contributed by atoms with Gasteiger partial charge in [0, 0.05) is 30.6 Å². The number of rotatable bonds is 4. The largest absolute Gasteiger partial charge is 0.490 e. The maximum Gasteiger partial charge on any atom is 0.490 e. The predicted octanol–water partition coefficient (Wildman–Crippen LogP) is 3.69. The molecule has 0 radical (unpaired) electrons. The first-order valence-corrected chi connectivity index (χ1v) is 10.7. The van der Waals surface area contributed by atoms with Gasteiger partial charge in [0.05, 0.1) is 35.2 Å². The number of carboxylic acid groups (broad SMARTS) is 1. The smallest absolute Gasteiger partial charge is 0.475 e. The van der Waals surface area contributed by atoms with Crippen LogP contribution in [0.5, 0.6) is 0 Å². The Morgan fingerprint density at radius 3 is 2.65 bits per heavy atom. The molecule has 2 saturated heterocycles. The Morgan fingerprint density at radius 1 is 1.32 bits per heavy atom. The van der Waals surface area contributed by atoms with Crippen molar-refractivity contribution in [2.45, 2.75) is 45.5 Å². The Kier molecular flexibility index (Phi) is 7.05. The zero-order valence-electron chi connectivity index (χ0n) is 17.0. The third-order valence-electron chi connectivity index (χ3n) is 5.51. The summed E-state index contributed by atoms with van der Waals surface area (Å²) in [6.45, 7) is 6.32. The number of carboxylic acids is 1. The fraction of sp³-hybridized carbons (Fsp3) is 0.550. The number of amides is 1. The van der Waals surface area contributed by atoms with Crippen LogP contribution in [0.25, 0.3) is 0 Å². The molecule has 4 rings (SSSR count). The van der Waals surface area contributed by atoms with Crippen molar-refractivity contribution in [2.75, 3.05) is 19.6 Å². The van der Waals surface area contributed by atoms with Crippen LogP contribution in [0.3, 0.4) is 0 Å². The van der Waals surface area contributed by atoms with Gasteiger partial charge in [0.25, 0.3) is 0 Å². The van der Waals surface area contributed by atoms with Crippen LogP contribution in [0.1, 0.15) is 35.5 Å². The average Bonchev–Trinajstić information content (AvgIpc) is 3.41. The summed E-state index contributed by atoms with van der Waals surface area (Å²) in [5, 5.41) is 10.3. The maximum atomic E-state index is 13.1. The number of nitrogens with zero attached hydrogens (tertiary/aromatic N) is 3. The van der Waals surface area contributed by atoms with Crippen LogP contribution in [0.15, 0.2) is 28.4 Å². The van der Waals surface area contributed by atoms with Crippen molar-refractivity contribution in [3.8, 4) is 0 Å². The van der Waals surface area contributed by atoms with Crippen LogP contribution in [0.2, 0.25) is 0 Å². The third-order valence-corrected chi connectivity index (χ3v) is 6.33. The van der Waals surface area contributed by atoms with Gasteiger partial charge in [-0.05, 0) is 38.8 Å². The standard InChI is InChI=1S/C18H23N3O2S.C2HF3O2/c1-14-19-16(12-24-14)10-21-7-5-18(17(21)22)4-2-6-20(13-18)9-15-3-8-23-11-15;3-2(4,5)1(6)7/h3,8,11-12H,2,4-7,9-10,13H2,1H3;(H,6,7). The van der Waals surface area contributed by atoms with Crippen LogP contribution < -0.4 is 0 Å². The molecule has 0 aromatic carbocycles. The predicted molar refractivity (Wildman–Crippen MR) is 106 cm³/mol. The molecular formula is C20H24F3N3O4S. The summed E-state index contributed by atoms with van der Waals surface area (Å²) in [5.41, 5.74) is 2.02. The molecule has 7 nitrogen and oxygen atoms in total. The van der Waals surface area contributed by atoms with E-state index >= 15 is 0 Å². The number of halogens is 3. The Labute approximate surface area is 181 Å². The molecule has 2 aliphatic rings. The Morgan fingerprint density at radius 2 is 2.06 bits per heavy atom. The summed E-state index contributed by atoms with van der Waals surface area (Å²) < 4.78 is 36.9. The first-order valence-electron chi connectivity index (χ1n) is 9.83. The van der Waals surface area contributed by atoms with E-state index in [1.54, 1.807) is 23.9 Å². The number of furan rings is 1. The molecule has 2 aromatic rings. The van der Waals surface area contributed by atoms with Gasteiger partial charge in [-0.25, -0.2) is 9.78 Å². The van der Waals surface area contributed by atoms with Gasteiger partial charge < -0.3 is 14.4 Å². The van der Waals surface area contributed by atoms with Crippen LogP contribution in [-0.2, 0) is 22.7 Å². The van der Waals surface area contributed by atoms with Gasteiger partial charge in [0.2, 0.25) is 5.91 Å². The minimum Gasteiger partial charge on any atom is -0.475 e. The second-order valence-corrected chi connectivity index (χ2v) is 8.93. The summed E-state index contributed by atoms with van der Waals surface area (Å²) in [6.07, 6.45) is 1.51. The van der Waals surface area contributed by atoms with Crippen molar-refractivity contribution < 1.29 is 32.3 Å². The summed E-state index contributed by atoms with van der Waals surface area (Å²) in [5.74, 6) is -2.43. The van der Waals surface area contributed by atoms with E-state index in [0.717, 1.165) is 56.1 Å². The Hall–Kier alpha value is -2.40. The summed E-state index contributed by atoms with van der Waals surface area (Å²) >= 11 is 1.65. The minimum atomic E-state index is -5.08. The zero-order valence-corrected chi connectivity index (χ0v) is 17.8. The van der Waals surface area contributed by atoms with E-state index in [-0.39, 0.29) is 5.41 Å².